The van der Waals surface area contributed by atoms with E-state index in [9.17, 15) is 5.11 Å². The maximum Gasteiger partial charge on any atom is 0.199 e. The number of rotatable bonds is 4. The molecule has 1 aliphatic heterocycles. The number of hydrogen-bond acceptors (Lipinski definition) is 3. The molecule has 0 saturated heterocycles. The van der Waals surface area contributed by atoms with Crippen LogP contribution in [0.5, 0.6) is 5.88 Å². The van der Waals surface area contributed by atoms with Gasteiger partial charge in [0.2, 0.25) is 0 Å². The van der Waals surface area contributed by atoms with Gasteiger partial charge in [0.25, 0.3) is 0 Å². The van der Waals surface area contributed by atoms with Crippen molar-refractivity contribution in [3.63, 3.8) is 0 Å². The molecule has 5 heteroatoms. The van der Waals surface area contributed by atoms with E-state index in [1.54, 1.807) is 6.07 Å². The van der Waals surface area contributed by atoms with Crippen LogP contribution in [0.3, 0.4) is 0 Å². The molecule has 0 fully saturated rings. The van der Waals surface area contributed by atoms with Gasteiger partial charge in [0, 0.05) is 22.5 Å². The van der Waals surface area contributed by atoms with E-state index < -0.39 is 0 Å². The van der Waals surface area contributed by atoms with Crippen molar-refractivity contribution < 1.29 is 5.11 Å². The molecule has 0 aliphatic carbocycles. The number of nitrogens with one attached hydrogen (secondary N) is 1. The molecule has 3 aromatic carbocycles. The van der Waals surface area contributed by atoms with Gasteiger partial charge in [-0.3, -0.25) is 4.99 Å². The highest BCUT2D eigenvalue weighted by molar-refractivity contribution is 6.58. The van der Waals surface area contributed by atoms with Crippen LogP contribution in [0, 0.1) is 0 Å². The molecule has 29 heavy (non-hydrogen) atoms. The smallest absolute Gasteiger partial charge is 0.199 e. The number of halogens is 1. The maximum atomic E-state index is 10.7. The first-order valence-electron chi connectivity index (χ1n) is 9.48. The Morgan fingerprint density at radius 3 is 2.62 bits per heavy atom. The standard InChI is InChI=1S/C24H18ClN3O/c25-16-10-11-17-20(14-16)28-24(29)21(17)23-22(18-8-4-5-9-19(18)27-23)26-13-12-15-6-2-1-3-7-15/h1-11,14,28-29H,12-13H2. The van der Waals surface area contributed by atoms with Crippen molar-refractivity contribution in [2.45, 2.75) is 6.42 Å². The number of aromatic nitrogens is 1. The van der Waals surface area contributed by atoms with Gasteiger partial charge in [0.1, 0.15) is 5.71 Å². The normalized spacial score (nSPS) is 14.4. The molecule has 1 aliphatic rings. The van der Waals surface area contributed by atoms with Gasteiger partial charge >= 0.3 is 0 Å². The fraction of sp³-hybridized carbons (Fsp3) is 0.0833. The minimum Gasteiger partial charge on any atom is -0.494 e. The first-order valence-corrected chi connectivity index (χ1v) is 9.86. The Balaban J connectivity index is 1.58. The highest BCUT2D eigenvalue weighted by Gasteiger charge is 2.28. The Bertz CT molecular complexity index is 1270. The van der Waals surface area contributed by atoms with E-state index in [1.165, 1.54) is 5.56 Å². The molecule has 2 N–H and O–H groups in total. The molecular formula is C24H18ClN3O. The minimum absolute atomic E-state index is 0.0737. The summed E-state index contributed by atoms with van der Waals surface area (Å²) in [6, 6.07) is 23.7. The van der Waals surface area contributed by atoms with Gasteiger partial charge in [-0.05, 0) is 30.2 Å². The zero-order valence-electron chi connectivity index (χ0n) is 15.6. The second-order valence-corrected chi connectivity index (χ2v) is 7.42. The van der Waals surface area contributed by atoms with Gasteiger partial charge in [0.15, 0.2) is 5.88 Å². The van der Waals surface area contributed by atoms with E-state index in [1.807, 2.05) is 54.6 Å². The van der Waals surface area contributed by atoms with Crippen molar-refractivity contribution in [3.05, 3.63) is 94.5 Å². The van der Waals surface area contributed by atoms with Crippen LogP contribution in [0.2, 0.25) is 5.02 Å². The predicted molar refractivity (Wildman–Crippen MR) is 119 cm³/mol. The monoisotopic (exact) mass is 399 g/mol. The van der Waals surface area contributed by atoms with Crippen LogP contribution in [0.1, 0.15) is 16.7 Å². The average molecular weight is 400 g/mol. The van der Waals surface area contributed by atoms with Gasteiger partial charge in [-0.1, -0.05) is 66.2 Å². The van der Waals surface area contributed by atoms with E-state index in [0.717, 1.165) is 34.3 Å². The van der Waals surface area contributed by atoms with Gasteiger partial charge < -0.3 is 10.1 Å². The van der Waals surface area contributed by atoms with Crippen LogP contribution in [-0.2, 0) is 6.42 Å². The quantitative estimate of drug-likeness (QED) is 0.454. The summed E-state index contributed by atoms with van der Waals surface area (Å²) in [6.45, 7) is 0.641. The molecule has 0 amide bonds. The molecule has 5 rings (SSSR count). The van der Waals surface area contributed by atoms with Gasteiger partial charge in [-0.25, -0.2) is 4.99 Å². The highest BCUT2D eigenvalue weighted by atomic mass is 35.5. The number of benzene rings is 3. The van der Waals surface area contributed by atoms with Gasteiger partial charge in [-0.2, -0.15) is 0 Å². The number of nitrogens with zero attached hydrogens (tertiary/aromatic N) is 2. The topological polar surface area (TPSA) is 60.7 Å². The summed E-state index contributed by atoms with van der Waals surface area (Å²) in [6.07, 6.45) is 0.843. The van der Waals surface area contributed by atoms with E-state index in [2.05, 4.69) is 17.1 Å². The summed E-state index contributed by atoms with van der Waals surface area (Å²) in [7, 11) is 0. The second-order valence-electron chi connectivity index (χ2n) is 6.98. The number of fused-ring (bicyclic) bond motifs is 2. The predicted octanol–water partition coefficient (Wildman–Crippen LogP) is 5.69. The van der Waals surface area contributed by atoms with Crippen LogP contribution >= 0.6 is 11.6 Å². The van der Waals surface area contributed by atoms with Crippen molar-refractivity contribution in [2.75, 3.05) is 6.54 Å². The SMILES string of the molecule is Oc1[nH]c2cc(Cl)ccc2c1C1=Nc2ccccc2C1=NCCc1ccccc1. The molecule has 0 radical (unpaired) electrons. The van der Waals surface area contributed by atoms with Crippen LogP contribution in [0.25, 0.3) is 10.9 Å². The summed E-state index contributed by atoms with van der Waals surface area (Å²) in [5, 5.41) is 12.1. The third kappa shape index (κ3) is 3.22. The number of aromatic amines is 1. The van der Waals surface area contributed by atoms with Gasteiger partial charge in [-0.15, -0.1) is 0 Å². The molecule has 0 atom stereocenters. The first kappa shape index (κ1) is 17.7. The van der Waals surface area contributed by atoms with Crippen LogP contribution < -0.4 is 0 Å². The fourth-order valence-corrected chi connectivity index (χ4v) is 3.92. The van der Waals surface area contributed by atoms with E-state index >= 15 is 0 Å². The molecule has 0 spiro atoms. The molecular weight excluding hydrogens is 382 g/mol. The lowest BCUT2D eigenvalue weighted by atomic mass is 10.0. The number of H-pyrrole nitrogens is 1. The molecule has 4 aromatic rings. The molecule has 2 heterocycles. The lowest BCUT2D eigenvalue weighted by Gasteiger charge is -2.05. The average Bonchev–Trinajstić information content (AvgIpc) is 3.25. The summed E-state index contributed by atoms with van der Waals surface area (Å²) < 4.78 is 0. The van der Waals surface area contributed by atoms with Crippen molar-refractivity contribution in [1.29, 1.82) is 0 Å². The zero-order valence-corrected chi connectivity index (χ0v) is 16.3. The summed E-state index contributed by atoms with van der Waals surface area (Å²) in [4.78, 5) is 12.7. The minimum atomic E-state index is 0.0737. The van der Waals surface area contributed by atoms with Gasteiger partial charge in [0.05, 0.1) is 22.5 Å². The third-order valence-corrected chi connectivity index (χ3v) is 5.34. The number of aliphatic imine (C=N–C) groups is 2. The van der Waals surface area contributed by atoms with Crippen molar-refractivity contribution >= 4 is 39.6 Å². The van der Waals surface area contributed by atoms with Crippen LogP contribution in [0.15, 0.2) is 82.8 Å². The largest absolute Gasteiger partial charge is 0.494 e. The number of para-hydroxylation sites is 1. The van der Waals surface area contributed by atoms with Crippen molar-refractivity contribution in [3.8, 4) is 5.88 Å². The summed E-state index contributed by atoms with van der Waals surface area (Å²) in [5.41, 5.74) is 6.01. The molecule has 0 bridgehead atoms. The molecule has 4 nitrogen and oxygen atoms in total. The Morgan fingerprint density at radius 2 is 1.76 bits per heavy atom. The highest BCUT2D eigenvalue weighted by Crippen LogP contribution is 2.36. The number of hydrogen-bond donors (Lipinski definition) is 2. The van der Waals surface area contributed by atoms with Crippen LogP contribution in [0.4, 0.5) is 5.69 Å². The fourth-order valence-electron chi connectivity index (χ4n) is 3.74. The van der Waals surface area contributed by atoms with Crippen molar-refractivity contribution in [1.82, 2.24) is 4.98 Å². The Kier molecular flexibility index (Phi) is 4.41. The summed E-state index contributed by atoms with van der Waals surface area (Å²) >= 11 is 6.11. The second kappa shape index (κ2) is 7.22. The van der Waals surface area contributed by atoms with E-state index in [0.29, 0.717) is 22.8 Å². The number of aromatic hydroxyl groups is 1. The Labute approximate surface area is 173 Å². The molecule has 0 saturated carbocycles. The van der Waals surface area contributed by atoms with Crippen LogP contribution in [-0.4, -0.2) is 28.1 Å². The Morgan fingerprint density at radius 1 is 0.966 bits per heavy atom. The van der Waals surface area contributed by atoms with E-state index in [4.69, 9.17) is 21.6 Å². The molecule has 142 valence electrons. The zero-order chi connectivity index (χ0) is 19.8. The molecule has 1 aromatic heterocycles. The Hall–Kier alpha value is -3.37. The lowest BCUT2D eigenvalue weighted by molar-refractivity contribution is 0.457. The lowest BCUT2D eigenvalue weighted by Crippen LogP contribution is -2.14. The first-order chi connectivity index (χ1) is 14.2. The summed E-state index contributed by atoms with van der Waals surface area (Å²) in [5.74, 6) is 0.0737. The van der Waals surface area contributed by atoms with Crippen molar-refractivity contribution in [2.24, 2.45) is 9.98 Å². The third-order valence-electron chi connectivity index (χ3n) is 5.11. The molecule has 0 unspecified atom stereocenters. The maximum absolute atomic E-state index is 10.7. The van der Waals surface area contributed by atoms with E-state index in [-0.39, 0.29) is 5.88 Å².